The van der Waals surface area contributed by atoms with Gasteiger partial charge < -0.3 is 9.88 Å². The zero-order chi connectivity index (χ0) is 15.0. The maximum atomic E-state index is 12.3. The van der Waals surface area contributed by atoms with E-state index in [9.17, 15) is 4.79 Å². The number of aryl methyl sites for hydroxylation is 1. The number of aromatic nitrogens is 3. The van der Waals surface area contributed by atoms with Crippen molar-refractivity contribution in [3.05, 3.63) is 44.9 Å². The van der Waals surface area contributed by atoms with Crippen LogP contribution in [0.2, 0.25) is 5.02 Å². The van der Waals surface area contributed by atoms with Crippen LogP contribution in [0.5, 0.6) is 0 Å². The minimum Gasteiger partial charge on any atom is -0.342 e. The standard InChI is InChI=1S/C14H14BrClN4O/c1-8(13-19-18-12-3-2-6-20(12)13)17-14(21)10-7-9(15)4-5-11(10)16/h4-5,7-8H,2-3,6H2,1H3,(H,17,21). The van der Waals surface area contributed by atoms with Crippen LogP contribution >= 0.6 is 27.5 Å². The summed E-state index contributed by atoms with van der Waals surface area (Å²) in [6.07, 6.45) is 2.03. The van der Waals surface area contributed by atoms with Gasteiger partial charge in [-0.3, -0.25) is 4.79 Å². The number of nitrogens with one attached hydrogen (secondary N) is 1. The number of carbonyl (C=O) groups excluding carboxylic acids is 1. The molecular weight excluding hydrogens is 356 g/mol. The van der Waals surface area contributed by atoms with E-state index in [-0.39, 0.29) is 11.9 Å². The zero-order valence-electron chi connectivity index (χ0n) is 11.4. The van der Waals surface area contributed by atoms with E-state index < -0.39 is 0 Å². The van der Waals surface area contributed by atoms with E-state index in [2.05, 4.69) is 36.0 Å². The summed E-state index contributed by atoms with van der Waals surface area (Å²) in [6.45, 7) is 2.81. The maximum Gasteiger partial charge on any atom is 0.253 e. The highest BCUT2D eigenvalue weighted by molar-refractivity contribution is 9.10. The molecule has 1 atom stereocenters. The Labute approximate surface area is 135 Å². The Morgan fingerprint density at radius 3 is 3.10 bits per heavy atom. The second-order valence-corrected chi connectivity index (χ2v) is 6.37. The number of carbonyl (C=O) groups is 1. The van der Waals surface area contributed by atoms with Crippen LogP contribution in [0.1, 0.15) is 41.4 Å². The third-order valence-corrected chi connectivity index (χ3v) is 4.37. The Balaban J connectivity index is 1.79. The molecule has 0 bridgehead atoms. The van der Waals surface area contributed by atoms with Crippen molar-refractivity contribution >= 4 is 33.4 Å². The lowest BCUT2D eigenvalue weighted by molar-refractivity contribution is 0.0937. The van der Waals surface area contributed by atoms with Gasteiger partial charge in [0.1, 0.15) is 5.82 Å². The summed E-state index contributed by atoms with van der Waals surface area (Å²) in [4.78, 5) is 12.3. The fraction of sp³-hybridized carbons (Fsp3) is 0.357. The second kappa shape index (κ2) is 5.77. The molecule has 0 saturated carbocycles. The number of rotatable bonds is 3. The molecule has 1 N–H and O–H groups in total. The quantitative estimate of drug-likeness (QED) is 0.904. The number of amides is 1. The average Bonchev–Trinajstić information content (AvgIpc) is 3.03. The van der Waals surface area contributed by atoms with E-state index in [0.717, 1.165) is 35.5 Å². The number of fused-ring (bicyclic) bond motifs is 1. The van der Waals surface area contributed by atoms with Crippen LogP contribution in [0, 0.1) is 0 Å². The summed E-state index contributed by atoms with van der Waals surface area (Å²) in [5.41, 5.74) is 0.444. The largest absolute Gasteiger partial charge is 0.342 e. The van der Waals surface area contributed by atoms with Crippen molar-refractivity contribution in [3.63, 3.8) is 0 Å². The van der Waals surface area contributed by atoms with Crippen LogP contribution in [0.4, 0.5) is 0 Å². The maximum absolute atomic E-state index is 12.3. The normalized spacial score (nSPS) is 14.8. The van der Waals surface area contributed by atoms with Crippen molar-refractivity contribution in [1.82, 2.24) is 20.1 Å². The van der Waals surface area contributed by atoms with Gasteiger partial charge in [-0.05, 0) is 31.5 Å². The van der Waals surface area contributed by atoms with Crippen LogP contribution < -0.4 is 5.32 Å². The molecule has 3 rings (SSSR count). The molecule has 5 nitrogen and oxygen atoms in total. The molecule has 0 saturated heterocycles. The smallest absolute Gasteiger partial charge is 0.253 e. The van der Waals surface area contributed by atoms with Gasteiger partial charge in [-0.2, -0.15) is 0 Å². The molecule has 0 aliphatic carbocycles. The van der Waals surface area contributed by atoms with Gasteiger partial charge in [-0.15, -0.1) is 10.2 Å². The number of benzene rings is 1. The van der Waals surface area contributed by atoms with Gasteiger partial charge in [0.05, 0.1) is 16.6 Å². The van der Waals surface area contributed by atoms with Crippen LogP contribution in [0.15, 0.2) is 22.7 Å². The first-order valence-corrected chi connectivity index (χ1v) is 7.91. The summed E-state index contributed by atoms with van der Waals surface area (Å²) >= 11 is 9.42. The molecule has 7 heteroatoms. The summed E-state index contributed by atoms with van der Waals surface area (Å²) in [7, 11) is 0. The Bertz CT molecular complexity index is 700. The molecule has 0 radical (unpaired) electrons. The van der Waals surface area contributed by atoms with Gasteiger partial charge in [-0.1, -0.05) is 27.5 Å². The van der Waals surface area contributed by atoms with Crippen LogP contribution in [0.3, 0.4) is 0 Å². The monoisotopic (exact) mass is 368 g/mol. The minimum absolute atomic E-state index is 0.216. The lowest BCUT2D eigenvalue weighted by Gasteiger charge is -2.14. The number of halogens is 2. The summed E-state index contributed by atoms with van der Waals surface area (Å²) < 4.78 is 2.89. The topological polar surface area (TPSA) is 59.8 Å². The molecule has 0 spiro atoms. The van der Waals surface area contributed by atoms with Crippen molar-refractivity contribution in [1.29, 1.82) is 0 Å². The third-order valence-electron chi connectivity index (χ3n) is 3.55. The number of hydrogen-bond acceptors (Lipinski definition) is 3. The van der Waals surface area contributed by atoms with Gasteiger partial charge in [0, 0.05) is 17.4 Å². The third kappa shape index (κ3) is 2.82. The molecular formula is C14H14BrClN4O. The van der Waals surface area contributed by atoms with Crippen molar-refractivity contribution < 1.29 is 4.79 Å². The van der Waals surface area contributed by atoms with E-state index in [1.54, 1.807) is 18.2 Å². The Morgan fingerprint density at radius 2 is 2.29 bits per heavy atom. The SMILES string of the molecule is CC(NC(=O)c1cc(Br)ccc1Cl)c1nnc2n1CCC2. The highest BCUT2D eigenvalue weighted by atomic mass is 79.9. The van der Waals surface area contributed by atoms with Crippen LogP contribution in [-0.4, -0.2) is 20.7 Å². The molecule has 1 amide bonds. The number of nitrogens with zero attached hydrogens (tertiary/aromatic N) is 3. The lowest BCUT2D eigenvalue weighted by atomic mass is 10.2. The van der Waals surface area contributed by atoms with Crippen LogP contribution in [0.25, 0.3) is 0 Å². The minimum atomic E-state index is -0.218. The van der Waals surface area contributed by atoms with Gasteiger partial charge in [0.2, 0.25) is 0 Å². The highest BCUT2D eigenvalue weighted by Gasteiger charge is 2.23. The highest BCUT2D eigenvalue weighted by Crippen LogP contribution is 2.23. The fourth-order valence-corrected chi connectivity index (χ4v) is 3.07. The Morgan fingerprint density at radius 1 is 1.48 bits per heavy atom. The lowest BCUT2D eigenvalue weighted by Crippen LogP contribution is -2.29. The molecule has 1 aliphatic heterocycles. The average molecular weight is 370 g/mol. The van der Waals surface area contributed by atoms with Gasteiger partial charge >= 0.3 is 0 Å². The molecule has 1 aromatic heterocycles. The molecule has 110 valence electrons. The van der Waals surface area contributed by atoms with E-state index in [0.29, 0.717) is 10.6 Å². The van der Waals surface area contributed by atoms with Crippen molar-refractivity contribution in [2.45, 2.75) is 32.4 Å². The molecule has 0 fully saturated rings. The van der Waals surface area contributed by atoms with E-state index in [1.165, 1.54) is 0 Å². The van der Waals surface area contributed by atoms with Gasteiger partial charge in [0.15, 0.2) is 5.82 Å². The van der Waals surface area contributed by atoms with Crippen molar-refractivity contribution in [2.24, 2.45) is 0 Å². The summed E-state index contributed by atoms with van der Waals surface area (Å²) in [5.74, 6) is 1.57. The van der Waals surface area contributed by atoms with E-state index in [4.69, 9.17) is 11.6 Å². The van der Waals surface area contributed by atoms with Gasteiger partial charge in [-0.25, -0.2) is 0 Å². The fourth-order valence-electron chi connectivity index (χ4n) is 2.50. The number of hydrogen-bond donors (Lipinski definition) is 1. The zero-order valence-corrected chi connectivity index (χ0v) is 13.8. The summed E-state index contributed by atoms with van der Waals surface area (Å²) in [5, 5.41) is 11.7. The first-order valence-electron chi connectivity index (χ1n) is 6.74. The molecule has 21 heavy (non-hydrogen) atoms. The van der Waals surface area contributed by atoms with Crippen LogP contribution in [-0.2, 0) is 13.0 Å². The van der Waals surface area contributed by atoms with Gasteiger partial charge in [0.25, 0.3) is 5.91 Å². The molecule has 2 heterocycles. The molecule has 1 unspecified atom stereocenters. The Hall–Kier alpha value is -1.40. The summed E-state index contributed by atoms with van der Waals surface area (Å²) in [6, 6.07) is 4.99. The second-order valence-electron chi connectivity index (χ2n) is 5.05. The predicted octanol–water partition coefficient (Wildman–Crippen LogP) is 3.13. The first-order chi connectivity index (χ1) is 10.1. The molecule has 1 aromatic carbocycles. The first kappa shape index (κ1) is 14.5. The van der Waals surface area contributed by atoms with E-state index in [1.807, 2.05) is 6.92 Å². The Kier molecular flexibility index (Phi) is 3.99. The van der Waals surface area contributed by atoms with E-state index >= 15 is 0 Å². The molecule has 1 aliphatic rings. The van der Waals surface area contributed by atoms with Crippen molar-refractivity contribution in [2.75, 3.05) is 0 Å². The predicted molar refractivity (Wildman–Crippen MR) is 83.4 cm³/mol. The molecule has 2 aromatic rings. The van der Waals surface area contributed by atoms with Crippen molar-refractivity contribution in [3.8, 4) is 0 Å².